The Labute approximate surface area is 116 Å². The predicted octanol–water partition coefficient (Wildman–Crippen LogP) is 1.79. The monoisotopic (exact) mass is 268 g/mol. The number of hydrogen-bond donors (Lipinski definition) is 1. The molecule has 4 heteroatoms. The number of nitrogens with zero attached hydrogens (tertiary/aromatic N) is 1. The standard InChI is InChI=1S/C15H28N2O2/c1-4-19-15(18)14(16-13-5-6-13)7-8-17-10-11(2)9-12(17)3/h11-14,16H,4-10H2,1-3H3. The van der Waals surface area contributed by atoms with Gasteiger partial charge in [0.1, 0.15) is 6.04 Å². The zero-order valence-corrected chi connectivity index (χ0v) is 12.5. The number of carbonyl (C=O) groups is 1. The average Bonchev–Trinajstić information content (AvgIpc) is 3.10. The summed E-state index contributed by atoms with van der Waals surface area (Å²) in [5.41, 5.74) is 0. The van der Waals surface area contributed by atoms with Crippen LogP contribution in [0.15, 0.2) is 0 Å². The van der Waals surface area contributed by atoms with E-state index in [2.05, 4.69) is 24.1 Å². The van der Waals surface area contributed by atoms with Crippen LogP contribution in [0.4, 0.5) is 0 Å². The Morgan fingerprint density at radius 2 is 2.16 bits per heavy atom. The van der Waals surface area contributed by atoms with Crippen LogP contribution in [-0.4, -0.2) is 48.7 Å². The lowest BCUT2D eigenvalue weighted by atomic mass is 10.1. The van der Waals surface area contributed by atoms with Crippen LogP contribution in [0.2, 0.25) is 0 Å². The van der Waals surface area contributed by atoms with E-state index in [1.165, 1.54) is 25.8 Å². The van der Waals surface area contributed by atoms with Gasteiger partial charge in [0.2, 0.25) is 0 Å². The van der Waals surface area contributed by atoms with Gasteiger partial charge in [0.15, 0.2) is 0 Å². The number of rotatable bonds is 7. The van der Waals surface area contributed by atoms with E-state index in [-0.39, 0.29) is 12.0 Å². The maximum Gasteiger partial charge on any atom is 0.323 e. The van der Waals surface area contributed by atoms with E-state index < -0.39 is 0 Å². The van der Waals surface area contributed by atoms with E-state index in [4.69, 9.17) is 4.74 Å². The summed E-state index contributed by atoms with van der Waals surface area (Å²) in [6, 6.07) is 1.08. The summed E-state index contributed by atoms with van der Waals surface area (Å²) in [6.45, 7) is 9.10. The highest BCUT2D eigenvalue weighted by atomic mass is 16.5. The summed E-state index contributed by atoms with van der Waals surface area (Å²) < 4.78 is 5.18. The zero-order valence-electron chi connectivity index (χ0n) is 12.5. The first-order valence-corrected chi connectivity index (χ1v) is 7.76. The Balaban J connectivity index is 1.79. The summed E-state index contributed by atoms with van der Waals surface area (Å²) in [5.74, 6) is 0.710. The molecule has 3 unspecified atom stereocenters. The van der Waals surface area contributed by atoms with Crippen LogP contribution in [0, 0.1) is 5.92 Å². The molecule has 0 amide bonds. The number of esters is 1. The topological polar surface area (TPSA) is 41.6 Å². The van der Waals surface area contributed by atoms with Crippen LogP contribution in [0.3, 0.4) is 0 Å². The summed E-state index contributed by atoms with van der Waals surface area (Å²) in [5, 5.41) is 3.42. The maximum atomic E-state index is 12.0. The molecule has 3 atom stereocenters. The molecule has 0 aromatic carbocycles. The highest BCUT2D eigenvalue weighted by Gasteiger charge is 2.31. The number of hydrogen-bond acceptors (Lipinski definition) is 4. The average molecular weight is 268 g/mol. The van der Waals surface area contributed by atoms with Gasteiger partial charge in [-0.1, -0.05) is 6.92 Å². The van der Waals surface area contributed by atoms with Gasteiger partial charge in [0, 0.05) is 25.2 Å². The van der Waals surface area contributed by atoms with Crippen molar-refractivity contribution in [2.45, 2.75) is 64.6 Å². The molecule has 2 fully saturated rings. The molecule has 0 radical (unpaired) electrons. The van der Waals surface area contributed by atoms with Crippen LogP contribution in [0.1, 0.15) is 46.5 Å². The molecule has 1 aliphatic carbocycles. The lowest BCUT2D eigenvalue weighted by Gasteiger charge is -2.24. The molecule has 1 heterocycles. The van der Waals surface area contributed by atoms with Gasteiger partial charge in [-0.25, -0.2) is 0 Å². The molecular weight excluding hydrogens is 240 g/mol. The first kappa shape index (κ1) is 14.8. The molecule has 4 nitrogen and oxygen atoms in total. The Bertz CT molecular complexity index is 305. The maximum absolute atomic E-state index is 12.0. The van der Waals surface area contributed by atoms with Crippen molar-refractivity contribution in [3.8, 4) is 0 Å². The van der Waals surface area contributed by atoms with Gasteiger partial charge in [-0.15, -0.1) is 0 Å². The second kappa shape index (κ2) is 6.71. The summed E-state index contributed by atoms with van der Waals surface area (Å²) in [7, 11) is 0. The second-order valence-electron chi connectivity index (χ2n) is 6.22. The minimum atomic E-state index is -0.115. The normalized spacial score (nSPS) is 29.4. The Morgan fingerprint density at radius 1 is 1.42 bits per heavy atom. The summed E-state index contributed by atoms with van der Waals surface area (Å²) in [4.78, 5) is 14.5. The molecule has 2 rings (SSSR count). The fourth-order valence-electron chi connectivity index (χ4n) is 3.04. The number of carbonyl (C=O) groups excluding carboxylic acids is 1. The lowest BCUT2D eigenvalue weighted by Crippen LogP contribution is -2.42. The third-order valence-electron chi connectivity index (χ3n) is 4.20. The van der Waals surface area contributed by atoms with Crippen molar-refractivity contribution in [2.75, 3.05) is 19.7 Å². The first-order chi connectivity index (χ1) is 9.10. The fraction of sp³-hybridized carbons (Fsp3) is 0.933. The van der Waals surface area contributed by atoms with Crippen molar-refractivity contribution in [1.29, 1.82) is 0 Å². The van der Waals surface area contributed by atoms with E-state index in [0.717, 1.165) is 18.9 Å². The molecule has 0 aromatic heterocycles. The van der Waals surface area contributed by atoms with Gasteiger partial charge in [0.25, 0.3) is 0 Å². The van der Waals surface area contributed by atoms with E-state index >= 15 is 0 Å². The van der Waals surface area contributed by atoms with E-state index in [1.54, 1.807) is 0 Å². The highest BCUT2D eigenvalue weighted by Crippen LogP contribution is 2.24. The summed E-state index contributed by atoms with van der Waals surface area (Å²) in [6.07, 6.45) is 4.55. The molecule has 0 spiro atoms. The van der Waals surface area contributed by atoms with Gasteiger partial charge < -0.3 is 15.0 Å². The molecule has 1 saturated carbocycles. The minimum absolute atomic E-state index is 0.0747. The molecule has 0 bridgehead atoms. The van der Waals surface area contributed by atoms with Crippen molar-refractivity contribution in [1.82, 2.24) is 10.2 Å². The number of nitrogens with one attached hydrogen (secondary N) is 1. The molecular formula is C15H28N2O2. The molecule has 2 aliphatic rings. The van der Waals surface area contributed by atoms with E-state index in [1.807, 2.05) is 6.92 Å². The molecule has 19 heavy (non-hydrogen) atoms. The van der Waals surface area contributed by atoms with Gasteiger partial charge >= 0.3 is 5.97 Å². The number of ether oxygens (including phenoxy) is 1. The van der Waals surface area contributed by atoms with Crippen LogP contribution in [-0.2, 0) is 9.53 Å². The Hall–Kier alpha value is -0.610. The van der Waals surface area contributed by atoms with Gasteiger partial charge in [-0.3, -0.25) is 4.79 Å². The Kier molecular flexibility index (Phi) is 5.22. The van der Waals surface area contributed by atoms with Crippen molar-refractivity contribution in [3.05, 3.63) is 0 Å². The van der Waals surface area contributed by atoms with E-state index in [0.29, 0.717) is 18.7 Å². The quantitative estimate of drug-likeness (QED) is 0.715. The van der Waals surface area contributed by atoms with Crippen molar-refractivity contribution in [2.24, 2.45) is 5.92 Å². The van der Waals surface area contributed by atoms with Crippen LogP contribution in [0.25, 0.3) is 0 Å². The largest absolute Gasteiger partial charge is 0.465 e. The van der Waals surface area contributed by atoms with Crippen molar-refractivity contribution < 1.29 is 9.53 Å². The van der Waals surface area contributed by atoms with E-state index in [9.17, 15) is 4.79 Å². The third kappa shape index (κ3) is 4.46. The Morgan fingerprint density at radius 3 is 2.68 bits per heavy atom. The minimum Gasteiger partial charge on any atom is -0.465 e. The first-order valence-electron chi connectivity index (χ1n) is 7.76. The van der Waals surface area contributed by atoms with Gasteiger partial charge in [-0.05, 0) is 45.4 Å². The van der Waals surface area contributed by atoms with Crippen LogP contribution in [0.5, 0.6) is 0 Å². The highest BCUT2D eigenvalue weighted by molar-refractivity contribution is 5.75. The van der Waals surface area contributed by atoms with Crippen LogP contribution >= 0.6 is 0 Å². The molecule has 1 saturated heterocycles. The zero-order chi connectivity index (χ0) is 13.8. The fourth-order valence-corrected chi connectivity index (χ4v) is 3.04. The molecule has 1 N–H and O–H groups in total. The smallest absolute Gasteiger partial charge is 0.323 e. The van der Waals surface area contributed by atoms with Crippen LogP contribution < -0.4 is 5.32 Å². The van der Waals surface area contributed by atoms with Gasteiger partial charge in [0.05, 0.1) is 6.61 Å². The SMILES string of the molecule is CCOC(=O)C(CCN1CC(C)CC1C)NC1CC1. The van der Waals surface area contributed by atoms with Crippen molar-refractivity contribution in [3.63, 3.8) is 0 Å². The summed E-state index contributed by atoms with van der Waals surface area (Å²) >= 11 is 0. The number of likely N-dealkylation sites (tertiary alicyclic amines) is 1. The lowest BCUT2D eigenvalue weighted by molar-refractivity contribution is -0.146. The third-order valence-corrected chi connectivity index (χ3v) is 4.20. The molecule has 1 aliphatic heterocycles. The second-order valence-corrected chi connectivity index (χ2v) is 6.22. The predicted molar refractivity (Wildman–Crippen MR) is 76.0 cm³/mol. The molecule has 110 valence electrons. The molecule has 0 aromatic rings. The van der Waals surface area contributed by atoms with Gasteiger partial charge in [-0.2, -0.15) is 0 Å². The van der Waals surface area contributed by atoms with Crippen molar-refractivity contribution >= 4 is 5.97 Å².